The lowest BCUT2D eigenvalue weighted by molar-refractivity contribution is -0.122. The van der Waals surface area contributed by atoms with Crippen molar-refractivity contribution in [2.45, 2.75) is 13.3 Å². The number of urea groups is 1. The lowest BCUT2D eigenvalue weighted by Crippen LogP contribution is -2.54. The van der Waals surface area contributed by atoms with Gasteiger partial charge in [-0.15, -0.1) is 0 Å². The van der Waals surface area contributed by atoms with Crippen molar-refractivity contribution >= 4 is 29.6 Å². The summed E-state index contributed by atoms with van der Waals surface area (Å²) >= 11 is 0. The minimum absolute atomic E-state index is 0.203. The van der Waals surface area contributed by atoms with E-state index >= 15 is 0 Å². The van der Waals surface area contributed by atoms with Gasteiger partial charge in [0.05, 0.1) is 27.0 Å². The Morgan fingerprint density at radius 2 is 1.57 bits per heavy atom. The highest BCUT2D eigenvalue weighted by Gasteiger charge is 2.37. The van der Waals surface area contributed by atoms with Crippen LogP contribution in [0.15, 0.2) is 42.0 Å². The van der Waals surface area contributed by atoms with E-state index in [4.69, 9.17) is 14.2 Å². The fraction of sp³-hybridized carbons (Fsp3) is 0.227. The average Bonchev–Trinajstić information content (AvgIpc) is 2.76. The number of nitrogens with zero attached hydrogens (tertiary/aromatic N) is 1. The van der Waals surface area contributed by atoms with Crippen LogP contribution in [-0.4, -0.2) is 39.2 Å². The molecule has 1 heterocycles. The number of carbonyl (C=O) groups excluding carboxylic acids is 3. The number of hydrogen-bond acceptors (Lipinski definition) is 6. The minimum atomic E-state index is -0.790. The maximum absolute atomic E-state index is 13.2. The van der Waals surface area contributed by atoms with Gasteiger partial charge >= 0.3 is 6.03 Å². The lowest BCUT2D eigenvalue weighted by Gasteiger charge is -2.28. The first-order chi connectivity index (χ1) is 14.4. The van der Waals surface area contributed by atoms with Crippen LogP contribution in [0.1, 0.15) is 18.1 Å². The second kappa shape index (κ2) is 8.69. The maximum Gasteiger partial charge on any atom is 0.335 e. The second-order valence-corrected chi connectivity index (χ2v) is 6.39. The molecule has 8 heteroatoms. The van der Waals surface area contributed by atoms with Crippen LogP contribution in [0, 0.1) is 0 Å². The van der Waals surface area contributed by atoms with E-state index in [9.17, 15) is 14.4 Å². The van der Waals surface area contributed by atoms with Gasteiger partial charge < -0.3 is 14.2 Å². The number of anilines is 1. The zero-order chi connectivity index (χ0) is 21.8. The number of methoxy groups -OCH3 is 3. The largest absolute Gasteiger partial charge is 0.496 e. The molecule has 1 N–H and O–H groups in total. The Balaban J connectivity index is 2.11. The molecule has 1 saturated heterocycles. The average molecular weight is 410 g/mol. The van der Waals surface area contributed by atoms with Crippen molar-refractivity contribution in [3.05, 3.63) is 53.1 Å². The van der Waals surface area contributed by atoms with Crippen LogP contribution < -0.4 is 24.4 Å². The number of nitrogens with one attached hydrogen (secondary N) is 1. The van der Waals surface area contributed by atoms with Crippen molar-refractivity contribution in [1.29, 1.82) is 0 Å². The van der Waals surface area contributed by atoms with E-state index in [1.165, 1.54) is 27.4 Å². The molecular weight excluding hydrogens is 388 g/mol. The van der Waals surface area contributed by atoms with Crippen LogP contribution in [0.2, 0.25) is 0 Å². The lowest BCUT2D eigenvalue weighted by atomic mass is 10.0. The molecule has 0 aromatic heterocycles. The van der Waals surface area contributed by atoms with Crippen LogP contribution in [0.4, 0.5) is 10.5 Å². The molecular formula is C22H22N2O6. The minimum Gasteiger partial charge on any atom is -0.496 e. The molecule has 0 spiro atoms. The number of aryl methyl sites for hydroxylation is 1. The van der Waals surface area contributed by atoms with Gasteiger partial charge in [0, 0.05) is 11.6 Å². The number of ether oxygens (including phenoxy) is 3. The fourth-order valence-corrected chi connectivity index (χ4v) is 3.23. The quantitative estimate of drug-likeness (QED) is 0.581. The Kier molecular flexibility index (Phi) is 6.06. The third-order valence-corrected chi connectivity index (χ3v) is 4.75. The SMILES string of the molecule is CCc1ccccc1N1C(=O)NC(=O)/C(=C\c2cc(OC)c(OC)cc2OC)C1=O. The van der Waals surface area contributed by atoms with E-state index in [-0.39, 0.29) is 5.57 Å². The summed E-state index contributed by atoms with van der Waals surface area (Å²) in [5, 5.41) is 2.23. The van der Waals surface area contributed by atoms with Crippen LogP contribution in [-0.2, 0) is 16.0 Å². The van der Waals surface area contributed by atoms with Crippen molar-refractivity contribution in [1.82, 2.24) is 5.32 Å². The first-order valence-corrected chi connectivity index (χ1v) is 9.24. The Labute approximate surface area is 174 Å². The molecule has 8 nitrogen and oxygen atoms in total. The molecule has 0 saturated carbocycles. The number of imide groups is 2. The summed E-state index contributed by atoms with van der Waals surface area (Å²) in [7, 11) is 4.42. The van der Waals surface area contributed by atoms with Gasteiger partial charge in [0.25, 0.3) is 11.8 Å². The summed E-state index contributed by atoms with van der Waals surface area (Å²) in [6, 6.07) is 9.44. The number of hydrogen-bond donors (Lipinski definition) is 1. The van der Waals surface area contributed by atoms with Gasteiger partial charge in [-0.3, -0.25) is 14.9 Å². The molecule has 0 aliphatic carbocycles. The molecule has 156 valence electrons. The first-order valence-electron chi connectivity index (χ1n) is 9.24. The molecule has 1 aliphatic rings. The third-order valence-electron chi connectivity index (χ3n) is 4.75. The Hall–Kier alpha value is -3.81. The standard InChI is InChI=1S/C22H22N2O6/c1-5-13-8-6-7-9-16(13)24-21(26)15(20(25)23-22(24)27)10-14-11-18(29-3)19(30-4)12-17(14)28-2/h6-12H,5H2,1-4H3,(H,23,25,27)/b15-10+. The highest BCUT2D eigenvalue weighted by molar-refractivity contribution is 6.39. The smallest absolute Gasteiger partial charge is 0.335 e. The highest BCUT2D eigenvalue weighted by atomic mass is 16.5. The molecule has 1 fully saturated rings. The zero-order valence-electron chi connectivity index (χ0n) is 17.1. The second-order valence-electron chi connectivity index (χ2n) is 6.39. The number of para-hydroxylation sites is 1. The molecule has 0 bridgehead atoms. The summed E-state index contributed by atoms with van der Waals surface area (Å²) in [5.41, 5.74) is 1.45. The van der Waals surface area contributed by atoms with E-state index in [0.29, 0.717) is 34.9 Å². The molecule has 4 amide bonds. The van der Waals surface area contributed by atoms with Crippen molar-refractivity contribution in [3.63, 3.8) is 0 Å². The summed E-state index contributed by atoms with van der Waals surface area (Å²) in [5.74, 6) is -0.297. The number of rotatable bonds is 6. The summed E-state index contributed by atoms with van der Waals surface area (Å²) in [4.78, 5) is 39.1. The predicted octanol–water partition coefficient (Wildman–Crippen LogP) is 2.94. The van der Waals surface area contributed by atoms with Crippen molar-refractivity contribution in [2.75, 3.05) is 26.2 Å². The van der Waals surface area contributed by atoms with Crippen LogP contribution in [0.3, 0.4) is 0 Å². The predicted molar refractivity (Wildman–Crippen MR) is 111 cm³/mol. The molecule has 0 atom stereocenters. The van der Waals surface area contributed by atoms with Crippen molar-refractivity contribution in [3.8, 4) is 17.2 Å². The Morgan fingerprint density at radius 1 is 0.933 bits per heavy atom. The monoisotopic (exact) mass is 410 g/mol. The van der Waals surface area contributed by atoms with Crippen LogP contribution in [0.5, 0.6) is 17.2 Å². The molecule has 2 aromatic carbocycles. The van der Waals surface area contributed by atoms with Gasteiger partial charge in [0.1, 0.15) is 11.3 Å². The fourth-order valence-electron chi connectivity index (χ4n) is 3.23. The molecule has 30 heavy (non-hydrogen) atoms. The molecule has 3 rings (SSSR count). The van der Waals surface area contributed by atoms with Gasteiger partial charge in [0.15, 0.2) is 11.5 Å². The molecule has 1 aliphatic heterocycles. The van der Waals surface area contributed by atoms with Crippen molar-refractivity contribution in [2.24, 2.45) is 0 Å². The molecule has 2 aromatic rings. The van der Waals surface area contributed by atoms with Gasteiger partial charge in [-0.1, -0.05) is 25.1 Å². The van der Waals surface area contributed by atoms with E-state index in [0.717, 1.165) is 10.5 Å². The summed E-state index contributed by atoms with van der Waals surface area (Å²) in [6.07, 6.45) is 1.98. The number of amides is 4. The van der Waals surface area contributed by atoms with Gasteiger partial charge in [-0.2, -0.15) is 0 Å². The highest BCUT2D eigenvalue weighted by Crippen LogP contribution is 2.36. The zero-order valence-corrected chi connectivity index (χ0v) is 17.1. The number of barbiturate groups is 1. The van der Waals surface area contributed by atoms with E-state index in [1.807, 2.05) is 19.1 Å². The normalized spacial score (nSPS) is 15.3. The van der Waals surface area contributed by atoms with Gasteiger partial charge in [-0.25, -0.2) is 9.69 Å². The summed E-state index contributed by atoms with van der Waals surface area (Å²) < 4.78 is 15.9. The van der Waals surface area contributed by atoms with E-state index in [2.05, 4.69) is 5.32 Å². The maximum atomic E-state index is 13.2. The molecule has 0 unspecified atom stereocenters. The van der Waals surface area contributed by atoms with E-state index < -0.39 is 17.8 Å². The van der Waals surface area contributed by atoms with Gasteiger partial charge in [0.2, 0.25) is 0 Å². The van der Waals surface area contributed by atoms with Crippen LogP contribution in [0.25, 0.3) is 6.08 Å². The van der Waals surface area contributed by atoms with Crippen LogP contribution >= 0.6 is 0 Å². The molecule has 0 radical (unpaired) electrons. The Bertz CT molecular complexity index is 1040. The first kappa shape index (κ1) is 20.9. The van der Waals surface area contributed by atoms with E-state index in [1.54, 1.807) is 24.3 Å². The Morgan fingerprint density at radius 3 is 2.20 bits per heavy atom. The van der Waals surface area contributed by atoms with Gasteiger partial charge in [-0.05, 0) is 30.2 Å². The van der Waals surface area contributed by atoms with Crippen molar-refractivity contribution < 1.29 is 28.6 Å². The topological polar surface area (TPSA) is 94.2 Å². The number of benzene rings is 2. The summed E-state index contributed by atoms with van der Waals surface area (Å²) in [6.45, 7) is 1.92. The number of carbonyl (C=O) groups is 3. The third kappa shape index (κ3) is 3.71.